The molecule has 0 radical (unpaired) electrons. The van der Waals surface area contributed by atoms with E-state index in [0.29, 0.717) is 36.0 Å². The van der Waals surface area contributed by atoms with Gasteiger partial charge >= 0.3 is 12.0 Å². The molecule has 33 heavy (non-hydrogen) atoms. The van der Waals surface area contributed by atoms with Crippen LogP contribution in [-0.2, 0) is 14.3 Å². The summed E-state index contributed by atoms with van der Waals surface area (Å²) in [5.74, 6) is -1.28. The highest BCUT2D eigenvalue weighted by Crippen LogP contribution is 2.32. The Morgan fingerprint density at radius 1 is 0.970 bits per heavy atom. The van der Waals surface area contributed by atoms with Gasteiger partial charge in [0.25, 0.3) is 11.8 Å². The summed E-state index contributed by atoms with van der Waals surface area (Å²) < 4.78 is 15.9. The van der Waals surface area contributed by atoms with Gasteiger partial charge in [-0.3, -0.25) is 14.9 Å². The number of urea groups is 1. The van der Waals surface area contributed by atoms with Crippen molar-refractivity contribution in [1.29, 1.82) is 0 Å². The van der Waals surface area contributed by atoms with Crippen LogP contribution >= 0.6 is 0 Å². The average Bonchev–Trinajstić information content (AvgIpc) is 2.81. The van der Waals surface area contributed by atoms with Crippen LogP contribution in [-0.4, -0.2) is 49.7 Å². The second kappa shape index (κ2) is 11.0. The van der Waals surface area contributed by atoms with Crippen LogP contribution in [0.5, 0.6) is 11.5 Å². The van der Waals surface area contributed by atoms with Gasteiger partial charge < -0.3 is 24.8 Å². The molecule has 2 aromatic carbocycles. The number of carbonyl (C=O) groups excluding carboxylic acids is 4. The van der Waals surface area contributed by atoms with Gasteiger partial charge in [0, 0.05) is 17.3 Å². The average molecular weight is 455 g/mol. The number of imide groups is 1. The fourth-order valence-electron chi connectivity index (χ4n) is 2.98. The number of nitrogens with one attached hydrogen (secondary N) is 3. The number of carbonyl (C=O) groups is 4. The Hall–Kier alpha value is -4.08. The minimum Gasteiger partial charge on any atom is -0.486 e. The summed E-state index contributed by atoms with van der Waals surface area (Å²) in [7, 11) is 0. The van der Waals surface area contributed by atoms with Gasteiger partial charge in [0.1, 0.15) is 19.3 Å². The molecule has 0 unspecified atom stereocenters. The normalized spacial score (nSPS) is 12.9. The monoisotopic (exact) mass is 455 g/mol. The van der Waals surface area contributed by atoms with Crippen molar-refractivity contribution in [3.8, 4) is 11.5 Å². The first-order valence-corrected chi connectivity index (χ1v) is 10.4. The Kier molecular flexibility index (Phi) is 7.85. The van der Waals surface area contributed by atoms with Gasteiger partial charge in [0.15, 0.2) is 18.1 Å². The van der Waals surface area contributed by atoms with Crippen molar-refractivity contribution in [2.24, 2.45) is 5.92 Å². The fraction of sp³-hybridized carbons (Fsp3) is 0.304. The summed E-state index contributed by atoms with van der Waals surface area (Å²) >= 11 is 0. The number of benzene rings is 2. The third-order valence-corrected chi connectivity index (χ3v) is 4.64. The zero-order valence-corrected chi connectivity index (χ0v) is 18.3. The number of hydrogen-bond donors (Lipinski definition) is 3. The molecule has 4 amide bonds. The van der Waals surface area contributed by atoms with E-state index in [0.717, 1.165) is 0 Å². The van der Waals surface area contributed by atoms with Crippen molar-refractivity contribution >= 4 is 29.5 Å². The second-order valence-corrected chi connectivity index (χ2v) is 7.53. The zero-order chi connectivity index (χ0) is 23.8. The lowest BCUT2D eigenvalue weighted by molar-refractivity contribution is -0.151. The molecule has 0 aromatic heterocycles. The summed E-state index contributed by atoms with van der Waals surface area (Å²) in [5, 5.41) is 7.17. The summed E-state index contributed by atoms with van der Waals surface area (Å²) in [4.78, 5) is 48.9. The summed E-state index contributed by atoms with van der Waals surface area (Å²) in [5.41, 5.74) is 0.787. The van der Waals surface area contributed by atoms with Crippen LogP contribution in [0.15, 0.2) is 48.5 Å². The molecule has 174 valence electrons. The molecule has 10 heteroatoms. The molecule has 0 aliphatic carbocycles. The zero-order valence-electron chi connectivity index (χ0n) is 18.3. The van der Waals surface area contributed by atoms with E-state index in [1.807, 2.05) is 0 Å². The van der Waals surface area contributed by atoms with Crippen molar-refractivity contribution in [2.75, 3.05) is 25.1 Å². The number of ether oxygens (including phenoxy) is 3. The first-order chi connectivity index (χ1) is 15.8. The van der Waals surface area contributed by atoms with Crippen LogP contribution in [0.25, 0.3) is 0 Å². The Morgan fingerprint density at radius 3 is 2.36 bits per heavy atom. The first-order valence-electron chi connectivity index (χ1n) is 10.4. The quantitative estimate of drug-likeness (QED) is 0.545. The van der Waals surface area contributed by atoms with E-state index in [9.17, 15) is 19.2 Å². The van der Waals surface area contributed by atoms with E-state index >= 15 is 0 Å². The smallest absolute Gasteiger partial charge is 0.329 e. The predicted molar refractivity (Wildman–Crippen MR) is 118 cm³/mol. The SMILES string of the molecule is CC(C)[C@H](NC(=O)c1ccccc1)C(=O)OCC(=O)NC(=O)Nc1ccc2c(c1)OCCO2. The van der Waals surface area contributed by atoms with Crippen molar-refractivity contribution in [1.82, 2.24) is 10.6 Å². The molecule has 1 atom stereocenters. The molecule has 1 heterocycles. The molecule has 0 saturated carbocycles. The Labute approximate surface area is 190 Å². The molecule has 0 spiro atoms. The summed E-state index contributed by atoms with van der Waals surface area (Å²) in [6, 6.07) is 11.5. The molecule has 10 nitrogen and oxygen atoms in total. The van der Waals surface area contributed by atoms with Gasteiger partial charge in [-0.2, -0.15) is 0 Å². The lowest BCUT2D eigenvalue weighted by atomic mass is 10.0. The van der Waals surface area contributed by atoms with Crippen molar-refractivity contribution in [3.63, 3.8) is 0 Å². The van der Waals surface area contributed by atoms with Gasteiger partial charge in [-0.15, -0.1) is 0 Å². The highest BCUT2D eigenvalue weighted by Gasteiger charge is 2.27. The third kappa shape index (κ3) is 6.70. The maximum Gasteiger partial charge on any atom is 0.329 e. The van der Waals surface area contributed by atoms with Crippen LogP contribution in [0.1, 0.15) is 24.2 Å². The van der Waals surface area contributed by atoms with Crippen molar-refractivity contribution in [2.45, 2.75) is 19.9 Å². The highest BCUT2D eigenvalue weighted by molar-refractivity contribution is 6.02. The van der Waals surface area contributed by atoms with Crippen LogP contribution < -0.4 is 25.4 Å². The van der Waals surface area contributed by atoms with Crippen LogP contribution in [0.4, 0.5) is 10.5 Å². The number of anilines is 1. The number of esters is 1. The standard InChI is InChI=1S/C23H25N3O7/c1-14(2)20(26-21(28)15-6-4-3-5-7-15)22(29)33-13-19(27)25-23(30)24-16-8-9-17-18(12-16)32-11-10-31-17/h3-9,12,14,20H,10-11,13H2,1-2H3,(H,26,28)(H2,24,25,27,30)/t20-/m0/s1. The molecule has 1 aliphatic rings. The largest absolute Gasteiger partial charge is 0.486 e. The van der Waals surface area contributed by atoms with Gasteiger partial charge in [-0.1, -0.05) is 32.0 Å². The maximum absolute atomic E-state index is 12.4. The van der Waals surface area contributed by atoms with E-state index in [1.54, 1.807) is 62.4 Å². The number of fused-ring (bicyclic) bond motifs is 1. The lowest BCUT2D eigenvalue weighted by Crippen LogP contribution is -2.46. The van der Waals surface area contributed by atoms with Crippen LogP contribution in [0.3, 0.4) is 0 Å². The lowest BCUT2D eigenvalue weighted by Gasteiger charge is -2.20. The minimum absolute atomic E-state index is 0.285. The van der Waals surface area contributed by atoms with E-state index < -0.39 is 36.5 Å². The molecule has 3 N–H and O–H groups in total. The first kappa shape index (κ1) is 23.6. The number of hydrogen-bond acceptors (Lipinski definition) is 7. The molecule has 0 saturated heterocycles. The van der Waals surface area contributed by atoms with Gasteiger partial charge in [-0.05, 0) is 30.2 Å². The molecular formula is C23H25N3O7. The number of rotatable bonds is 7. The Bertz CT molecular complexity index is 1020. The topological polar surface area (TPSA) is 132 Å². The van der Waals surface area contributed by atoms with Gasteiger partial charge in [0.05, 0.1) is 0 Å². The summed E-state index contributed by atoms with van der Waals surface area (Å²) in [6.07, 6.45) is 0. The molecule has 0 fully saturated rings. The second-order valence-electron chi connectivity index (χ2n) is 7.53. The molecule has 0 bridgehead atoms. The third-order valence-electron chi connectivity index (χ3n) is 4.64. The Balaban J connectivity index is 1.47. The Morgan fingerprint density at radius 2 is 1.67 bits per heavy atom. The molecular weight excluding hydrogens is 430 g/mol. The van der Waals surface area contributed by atoms with Crippen LogP contribution in [0, 0.1) is 5.92 Å². The van der Waals surface area contributed by atoms with Gasteiger partial charge in [0.2, 0.25) is 0 Å². The minimum atomic E-state index is -0.961. The van der Waals surface area contributed by atoms with E-state index in [4.69, 9.17) is 14.2 Å². The molecule has 2 aromatic rings. The maximum atomic E-state index is 12.4. The van der Waals surface area contributed by atoms with Crippen molar-refractivity contribution < 1.29 is 33.4 Å². The van der Waals surface area contributed by atoms with E-state index in [2.05, 4.69) is 16.0 Å². The summed E-state index contributed by atoms with van der Waals surface area (Å²) in [6.45, 7) is 3.63. The van der Waals surface area contributed by atoms with Crippen molar-refractivity contribution in [3.05, 3.63) is 54.1 Å². The predicted octanol–water partition coefficient (Wildman–Crippen LogP) is 2.10. The molecule has 1 aliphatic heterocycles. The van der Waals surface area contributed by atoms with E-state index in [1.165, 1.54) is 0 Å². The number of amides is 4. The van der Waals surface area contributed by atoms with Gasteiger partial charge in [-0.25, -0.2) is 9.59 Å². The van der Waals surface area contributed by atoms with Crippen LogP contribution in [0.2, 0.25) is 0 Å². The highest BCUT2D eigenvalue weighted by atomic mass is 16.6. The fourth-order valence-corrected chi connectivity index (χ4v) is 2.98. The molecule has 3 rings (SSSR count). The van der Waals surface area contributed by atoms with E-state index in [-0.39, 0.29) is 5.92 Å².